The van der Waals surface area contributed by atoms with E-state index in [0.29, 0.717) is 18.5 Å². The van der Waals surface area contributed by atoms with Gasteiger partial charge in [0.2, 0.25) is 11.8 Å². The van der Waals surface area contributed by atoms with Crippen LogP contribution in [0.5, 0.6) is 0 Å². The lowest BCUT2D eigenvalue weighted by Gasteiger charge is -2.21. The van der Waals surface area contributed by atoms with Crippen LogP contribution in [0.2, 0.25) is 0 Å². The third-order valence-electron chi connectivity index (χ3n) is 2.98. The number of rotatable bonds is 7. The van der Waals surface area contributed by atoms with Crippen LogP contribution in [0.4, 0.5) is 0 Å². The Balaban J connectivity index is 2.58. The van der Waals surface area contributed by atoms with Crippen LogP contribution in [0.25, 0.3) is 0 Å². The largest absolute Gasteiger partial charge is 0.366 e. The molecule has 1 aromatic rings. The van der Waals surface area contributed by atoms with E-state index in [2.05, 4.69) is 0 Å². The summed E-state index contributed by atoms with van der Waals surface area (Å²) in [4.78, 5) is 24.6. The van der Waals surface area contributed by atoms with Crippen LogP contribution < -0.4 is 11.5 Å². The fourth-order valence-corrected chi connectivity index (χ4v) is 2.27. The molecule has 0 aliphatic rings. The summed E-state index contributed by atoms with van der Waals surface area (Å²) in [6.07, 6.45) is 2.66. The van der Waals surface area contributed by atoms with Crippen molar-refractivity contribution in [1.29, 1.82) is 0 Å². The Morgan fingerprint density at radius 2 is 1.90 bits per heavy atom. The maximum atomic E-state index is 12.0. The van der Waals surface area contributed by atoms with E-state index in [1.54, 1.807) is 48.0 Å². The predicted molar refractivity (Wildman–Crippen MR) is 82.4 cm³/mol. The number of nitrogens with zero attached hydrogens (tertiary/aromatic N) is 1. The summed E-state index contributed by atoms with van der Waals surface area (Å²) in [5.41, 5.74) is 12.4. The molecule has 5 nitrogen and oxygen atoms in total. The first-order chi connectivity index (χ1) is 9.45. The first-order valence-corrected chi connectivity index (χ1v) is 7.73. The highest BCUT2D eigenvalue weighted by molar-refractivity contribution is 7.98. The van der Waals surface area contributed by atoms with Gasteiger partial charge in [-0.1, -0.05) is 12.1 Å². The van der Waals surface area contributed by atoms with E-state index in [0.717, 1.165) is 11.3 Å². The van der Waals surface area contributed by atoms with E-state index in [1.165, 1.54) is 0 Å². The molecule has 6 heteroatoms. The van der Waals surface area contributed by atoms with Crippen molar-refractivity contribution in [2.45, 2.75) is 19.0 Å². The van der Waals surface area contributed by atoms with Crippen molar-refractivity contribution < 1.29 is 9.59 Å². The van der Waals surface area contributed by atoms with Crippen molar-refractivity contribution >= 4 is 23.6 Å². The summed E-state index contributed by atoms with van der Waals surface area (Å²) >= 11 is 1.67. The Kier molecular flexibility index (Phi) is 6.54. The molecule has 4 N–H and O–H groups in total. The van der Waals surface area contributed by atoms with Crippen molar-refractivity contribution in [2.24, 2.45) is 11.5 Å². The maximum Gasteiger partial charge on any atom is 0.248 e. The fourth-order valence-electron chi connectivity index (χ4n) is 1.78. The molecule has 0 aliphatic heterocycles. The molecule has 1 atom stereocenters. The molecule has 2 amide bonds. The molecule has 0 unspecified atom stereocenters. The van der Waals surface area contributed by atoms with Crippen LogP contribution in [-0.2, 0) is 11.3 Å². The third kappa shape index (κ3) is 4.86. The fraction of sp³-hybridized carbons (Fsp3) is 0.429. The predicted octanol–water partition coefficient (Wildman–Crippen LogP) is 0.824. The van der Waals surface area contributed by atoms with Crippen LogP contribution in [-0.4, -0.2) is 41.8 Å². The lowest BCUT2D eigenvalue weighted by Crippen LogP contribution is -2.41. The summed E-state index contributed by atoms with van der Waals surface area (Å²) in [5.74, 6) is 0.340. The average molecular weight is 295 g/mol. The van der Waals surface area contributed by atoms with Crippen molar-refractivity contribution in [3.8, 4) is 0 Å². The zero-order chi connectivity index (χ0) is 15.1. The number of hydrogen-bond donors (Lipinski definition) is 2. The summed E-state index contributed by atoms with van der Waals surface area (Å²) < 4.78 is 0. The van der Waals surface area contributed by atoms with Gasteiger partial charge in [0.1, 0.15) is 0 Å². The monoisotopic (exact) mass is 295 g/mol. The number of amides is 2. The lowest BCUT2D eigenvalue weighted by atomic mass is 10.1. The molecule has 0 radical (unpaired) electrons. The Morgan fingerprint density at radius 3 is 2.40 bits per heavy atom. The highest BCUT2D eigenvalue weighted by Gasteiger charge is 2.17. The average Bonchev–Trinajstić information content (AvgIpc) is 2.44. The van der Waals surface area contributed by atoms with Gasteiger partial charge in [-0.3, -0.25) is 9.59 Å². The first-order valence-electron chi connectivity index (χ1n) is 6.34. The molecular formula is C14H21N3O2S. The van der Waals surface area contributed by atoms with Gasteiger partial charge in [-0.05, 0) is 36.1 Å². The minimum Gasteiger partial charge on any atom is -0.366 e. The number of likely N-dealkylation sites (N-methyl/N-ethyl adjacent to an activating group) is 1. The molecule has 0 aromatic heterocycles. The molecule has 0 aliphatic carbocycles. The summed E-state index contributed by atoms with van der Waals surface area (Å²) in [6.45, 7) is 0.463. The highest BCUT2D eigenvalue weighted by Crippen LogP contribution is 2.08. The molecule has 0 saturated carbocycles. The minimum absolute atomic E-state index is 0.0713. The molecule has 0 heterocycles. The SMILES string of the molecule is CSCC[C@@H](N)C(=O)N(C)Cc1ccc(C(N)=O)cc1. The number of benzene rings is 1. The van der Waals surface area contributed by atoms with Crippen LogP contribution in [0.15, 0.2) is 24.3 Å². The molecular weight excluding hydrogens is 274 g/mol. The van der Waals surface area contributed by atoms with Gasteiger partial charge in [0.05, 0.1) is 6.04 Å². The number of carbonyl (C=O) groups is 2. The van der Waals surface area contributed by atoms with Gasteiger partial charge in [0.25, 0.3) is 0 Å². The standard InChI is InChI=1S/C14H21N3O2S/c1-17(14(19)12(15)7-8-20-2)9-10-3-5-11(6-4-10)13(16)18/h3-6,12H,7-9,15H2,1-2H3,(H2,16,18)/t12-/m1/s1. The molecule has 0 saturated heterocycles. The van der Waals surface area contributed by atoms with Gasteiger partial charge in [-0.2, -0.15) is 11.8 Å². The van der Waals surface area contributed by atoms with E-state index >= 15 is 0 Å². The second-order valence-corrected chi connectivity index (χ2v) is 5.63. The molecule has 0 bridgehead atoms. The quantitative estimate of drug-likeness (QED) is 0.779. The van der Waals surface area contributed by atoms with Crippen molar-refractivity contribution in [3.05, 3.63) is 35.4 Å². The molecule has 1 rings (SSSR count). The number of thioether (sulfide) groups is 1. The number of hydrogen-bond acceptors (Lipinski definition) is 4. The maximum absolute atomic E-state index is 12.0. The van der Waals surface area contributed by atoms with Gasteiger partial charge in [0.15, 0.2) is 0 Å². The summed E-state index contributed by atoms with van der Waals surface area (Å²) in [7, 11) is 1.73. The van der Waals surface area contributed by atoms with Crippen molar-refractivity contribution in [2.75, 3.05) is 19.1 Å². The normalized spacial score (nSPS) is 11.9. The van der Waals surface area contributed by atoms with Crippen LogP contribution in [0, 0.1) is 0 Å². The van der Waals surface area contributed by atoms with Gasteiger partial charge in [0, 0.05) is 19.2 Å². The van der Waals surface area contributed by atoms with Crippen LogP contribution in [0.3, 0.4) is 0 Å². The Bertz CT molecular complexity index is 462. The second-order valence-electron chi connectivity index (χ2n) is 4.64. The molecule has 0 spiro atoms. The lowest BCUT2D eigenvalue weighted by molar-refractivity contribution is -0.131. The number of primary amides is 1. The first kappa shape index (κ1) is 16.5. The second kappa shape index (κ2) is 7.91. The van der Waals surface area contributed by atoms with Gasteiger partial charge in [-0.15, -0.1) is 0 Å². The van der Waals surface area contributed by atoms with Crippen molar-refractivity contribution in [3.63, 3.8) is 0 Å². The van der Waals surface area contributed by atoms with Crippen LogP contribution >= 0.6 is 11.8 Å². The van der Waals surface area contributed by atoms with Gasteiger partial charge >= 0.3 is 0 Å². The Hall–Kier alpha value is -1.53. The zero-order valence-electron chi connectivity index (χ0n) is 11.8. The zero-order valence-corrected chi connectivity index (χ0v) is 12.7. The van der Waals surface area contributed by atoms with Crippen LogP contribution in [0.1, 0.15) is 22.3 Å². The molecule has 1 aromatic carbocycles. The van der Waals surface area contributed by atoms with E-state index in [9.17, 15) is 9.59 Å². The molecule has 110 valence electrons. The number of nitrogens with two attached hydrogens (primary N) is 2. The van der Waals surface area contributed by atoms with Crippen molar-refractivity contribution in [1.82, 2.24) is 4.90 Å². The summed E-state index contributed by atoms with van der Waals surface area (Å²) in [5, 5.41) is 0. The highest BCUT2D eigenvalue weighted by atomic mass is 32.2. The number of carbonyl (C=O) groups excluding carboxylic acids is 2. The Morgan fingerprint density at radius 1 is 1.30 bits per heavy atom. The van der Waals surface area contributed by atoms with E-state index in [1.807, 2.05) is 6.26 Å². The topological polar surface area (TPSA) is 89.4 Å². The minimum atomic E-state index is -0.461. The molecule has 0 fully saturated rings. The third-order valence-corrected chi connectivity index (χ3v) is 3.63. The van der Waals surface area contributed by atoms with Gasteiger partial charge in [-0.25, -0.2) is 0 Å². The Labute approximate surface area is 123 Å². The van der Waals surface area contributed by atoms with E-state index in [-0.39, 0.29) is 5.91 Å². The van der Waals surface area contributed by atoms with Gasteiger partial charge < -0.3 is 16.4 Å². The summed E-state index contributed by atoms with van der Waals surface area (Å²) in [6, 6.07) is 6.43. The smallest absolute Gasteiger partial charge is 0.248 e. The van der Waals surface area contributed by atoms with E-state index in [4.69, 9.17) is 11.5 Å². The molecule has 20 heavy (non-hydrogen) atoms. The van der Waals surface area contributed by atoms with E-state index < -0.39 is 11.9 Å².